The molecule has 0 aliphatic carbocycles. The van der Waals surface area contributed by atoms with Gasteiger partial charge in [0.15, 0.2) is 0 Å². The van der Waals surface area contributed by atoms with E-state index in [2.05, 4.69) is 0 Å². The first-order valence-electron chi connectivity index (χ1n) is 6.62. The zero-order valence-corrected chi connectivity index (χ0v) is 11.5. The van der Waals surface area contributed by atoms with Gasteiger partial charge in [0.05, 0.1) is 0 Å². The van der Waals surface area contributed by atoms with Gasteiger partial charge in [0.2, 0.25) is 0 Å². The number of aryl methyl sites for hydroxylation is 1. The molecule has 0 spiro atoms. The molecule has 106 valence electrons. The van der Waals surface area contributed by atoms with E-state index in [1.807, 2.05) is 13.0 Å². The summed E-state index contributed by atoms with van der Waals surface area (Å²) in [4.78, 5) is 11.0. The maximum Gasteiger partial charge on any atom is 0.323 e. The van der Waals surface area contributed by atoms with Crippen molar-refractivity contribution < 1.29 is 14.3 Å². The zero-order chi connectivity index (χ0) is 14.5. The van der Waals surface area contributed by atoms with Gasteiger partial charge in [-0.25, -0.2) is 4.39 Å². The Balaban J connectivity index is 2.56. The third-order valence-electron chi connectivity index (χ3n) is 3.51. The fourth-order valence-electron chi connectivity index (χ4n) is 2.20. The monoisotopic (exact) mass is 267 g/mol. The molecule has 2 atom stereocenters. The van der Waals surface area contributed by atoms with Gasteiger partial charge in [-0.05, 0) is 49.8 Å². The molecule has 4 heteroatoms. The smallest absolute Gasteiger partial charge is 0.323 e. The molecule has 1 aromatic carbocycles. The number of nitrogens with two attached hydrogens (primary N) is 1. The molecule has 0 amide bonds. The van der Waals surface area contributed by atoms with Crippen molar-refractivity contribution in [2.75, 3.05) is 0 Å². The van der Waals surface area contributed by atoms with Crippen molar-refractivity contribution >= 4 is 5.97 Å². The van der Waals surface area contributed by atoms with Crippen molar-refractivity contribution in [2.24, 2.45) is 11.7 Å². The number of hydrogen-bond donors (Lipinski definition) is 2. The van der Waals surface area contributed by atoms with Crippen molar-refractivity contribution in [3.8, 4) is 0 Å². The van der Waals surface area contributed by atoms with Gasteiger partial charge in [0.1, 0.15) is 11.4 Å². The number of rotatable bonds is 7. The predicted octanol–water partition coefficient (Wildman–Crippen LogP) is 2.98. The lowest BCUT2D eigenvalue weighted by atomic mass is 9.85. The van der Waals surface area contributed by atoms with E-state index in [0.717, 1.165) is 24.8 Å². The molecule has 0 aliphatic rings. The molecule has 0 fully saturated rings. The maximum absolute atomic E-state index is 13.1. The Morgan fingerprint density at radius 3 is 2.74 bits per heavy atom. The van der Waals surface area contributed by atoms with E-state index in [-0.39, 0.29) is 11.7 Å². The number of aliphatic carboxylic acids is 1. The van der Waals surface area contributed by atoms with Crippen LogP contribution in [-0.4, -0.2) is 16.6 Å². The maximum atomic E-state index is 13.1. The largest absolute Gasteiger partial charge is 0.480 e. The Labute approximate surface area is 113 Å². The Hall–Kier alpha value is -1.42. The zero-order valence-electron chi connectivity index (χ0n) is 11.5. The number of carboxylic acids is 1. The number of carbonyl (C=O) groups is 1. The molecular weight excluding hydrogens is 245 g/mol. The minimum absolute atomic E-state index is 0.231. The number of hydrogen-bond acceptors (Lipinski definition) is 2. The lowest BCUT2D eigenvalue weighted by Gasteiger charge is -2.25. The summed E-state index contributed by atoms with van der Waals surface area (Å²) in [5.41, 5.74) is 5.52. The van der Waals surface area contributed by atoms with Gasteiger partial charge in [0.25, 0.3) is 0 Å². The third-order valence-corrected chi connectivity index (χ3v) is 3.51. The standard InChI is InChI=1S/C15H22FNO2/c1-3-11(10-15(2,17)14(18)19)7-8-12-5-4-6-13(16)9-12/h4-6,9,11H,3,7-8,10,17H2,1-2H3,(H,18,19). The first-order chi connectivity index (χ1) is 8.85. The van der Waals surface area contributed by atoms with E-state index in [1.165, 1.54) is 12.1 Å². The van der Waals surface area contributed by atoms with Crippen LogP contribution in [0.2, 0.25) is 0 Å². The highest BCUT2D eigenvalue weighted by molar-refractivity contribution is 5.77. The molecule has 0 heterocycles. The lowest BCUT2D eigenvalue weighted by molar-refractivity contribution is -0.143. The topological polar surface area (TPSA) is 63.3 Å². The SMILES string of the molecule is CCC(CCc1cccc(F)c1)CC(C)(N)C(=O)O. The molecule has 0 saturated heterocycles. The van der Waals surface area contributed by atoms with E-state index >= 15 is 0 Å². The molecule has 3 nitrogen and oxygen atoms in total. The minimum atomic E-state index is -1.19. The second-order valence-corrected chi connectivity index (χ2v) is 5.37. The average Bonchev–Trinajstić information content (AvgIpc) is 2.34. The van der Waals surface area contributed by atoms with Gasteiger partial charge in [-0.2, -0.15) is 0 Å². The Bertz CT molecular complexity index is 432. The van der Waals surface area contributed by atoms with E-state index in [9.17, 15) is 9.18 Å². The van der Waals surface area contributed by atoms with Crippen molar-refractivity contribution in [1.29, 1.82) is 0 Å². The first-order valence-corrected chi connectivity index (χ1v) is 6.62. The van der Waals surface area contributed by atoms with Crippen LogP contribution in [0.5, 0.6) is 0 Å². The second-order valence-electron chi connectivity index (χ2n) is 5.37. The van der Waals surface area contributed by atoms with Gasteiger partial charge in [0, 0.05) is 0 Å². The Morgan fingerprint density at radius 2 is 2.21 bits per heavy atom. The summed E-state index contributed by atoms with van der Waals surface area (Å²) in [5.74, 6) is -0.981. The van der Waals surface area contributed by atoms with Crippen LogP contribution in [0.3, 0.4) is 0 Å². The highest BCUT2D eigenvalue weighted by Crippen LogP contribution is 2.23. The quantitative estimate of drug-likeness (QED) is 0.798. The molecule has 19 heavy (non-hydrogen) atoms. The van der Waals surface area contributed by atoms with Gasteiger partial charge in [-0.15, -0.1) is 0 Å². The highest BCUT2D eigenvalue weighted by Gasteiger charge is 2.30. The molecule has 0 aliphatic heterocycles. The first kappa shape index (κ1) is 15.6. The summed E-state index contributed by atoms with van der Waals surface area (Å²) in [6, 6.07) is 6.51. The second kappa shape index (κ2) is 6.66. The molecule has 1 aromatic rings. The van der Waals surface area contributed by atoms with Crippen molar-refractivity contribution in [3.63, 3.8) is 0 Å². The average molecular weight is 267 g/mol. The van der Waals surface area contributed by atoms with Crippen molar-refractivity contribution in [2.45, 2.75) is 45.1 Å². The lowest BCUT2D eigenvalue weighted by Crippen LogP contribution is -2.46. The van der Waals surface area contributed by atoms with E-state index in [0.29, 0.717) is 6.42 Å². The summed E-state index contributed by atoms with van der Waals surface area (Å²) >= 11 is 0. The normalized spacial score (nSPS) is 15.8. The molecule has 2 unspecified atom stereocenters. The van der Waals surface area contributed by atoms with Crippen LogP contribution in [0.4, 0.5) is 4.39 Å². The van der Waals surface area contributed by atoms with Crippen LogP contribution in [0.15, 0.2) is 24.3 Å². The third kappa shape index (κ3) is 4.99. The van der Waals surface area contributed by atoms with Crippen molar-refractivity contribution in [3.05, 3.63) is 35.6 Å². The Kier molecular flexibility index (Phi) is 5.48. The summed E-state index contributed by atoms with van der Waals surface area (Å²) in [5, 5.41) is 9.03. The molecule has 0 bridgehead atoms. The van der Waals surface area contributed by atoms with Crippen LogP contribution in [0, 0.1) is 11.7 Å². The van der Waals surface area contributed by atoms with Gasteiger partial charge in [-0.3, -0.25) is 4.79 Å². The summed E-state index contributed by atoms with van der Waals surface area (Å²) in [7, 11) is 0. The molecular formula is C15H22FNO2. The fraction of sp³-hybridized carbons (Fsp3) is 0.533. The molecule has 1 rings (SSSR count). The molecule has 0 aromatic heterocycles. The van der Waals surface area contributed by atoms with E-state index in [4.69, 9.17) is 10.8 Å². The van der Waals surface area contributed by atoms with Crippen LogP contribution < -0.4 is 5.73 Å². The predicted molar refractivity (Wildman–Crippen MR) is 73.3 cm³/mol. The minimum Gasteiger partial charge on any atom is -0.480 e. The van der Waals surface area contributed by atoms with Gasteiger partial charge < -0.3 is 10.8 Å². The van der Waals surface area contributed by atoms with E-state index < -0.39 is 11.5 Å². The summed E-state index contributed by atoms with van der Waals surface area (Å²) < 4.78 is 13.1. The van der Waals surface area contributed by atoms with Crippen LogP contribution in [0.25, 0.3) is 0 Å². The Morgan fingerprint density at radius 1 is 1.53 bits per heavy atom. The van der Waals surface area contributed by atoms with Crippen LogP contribution in [-0.2, 0) is 11.2 Å². The van der Waals surface area contributed by atoms with E-state index in [1.54, 1.807) is 13.0 Å². The molecule has 0 saturated carbocycles. The van der Waals surface area contributed by atoms with Crippen LogP contribution in [0.1, 0.15) is 38.7 Å². The molecule has 0 radical (unpaired) electrons. The summed E-state index contributed by atoms with van der Waals surface area (Å²) in [6.45, 7) is 3.56. The fourth-order valence-corrected chi connectivity index (χ4v) is 2.20. The molecule has 3 N–H and O–H groups in total. The van der Waals surface area contributed by atoms with Crippen molar-refractivity contribution in [1.82, 2.24) is 0 Å². The van der Waals surface area contributed by atoms with Gasteiger partial charge in [-0.1, -0.05) is 25.5 Å². The highest BCUT2D eigenvalue weighted by atomic mass is 19.1. The number of carboxylic acid groups (broad SMARTS) is 1. The van der Waals surface area contributed by atoms with Crippen LogP contribution >= 0.6 is 0 Å². The van der Waals surface area contributed by atoms with Gasteiger partial charge >= 0.3 is 5.97 Å². The number of benzene rings is 1. The number of halogens is 1. The summed E-state index contributed by atoms with van der Waals surface area (Å²) in [6.07, 6.45) is 2.87.